The van der Waals surface area contributed by atoms with Crippen LogP contribution in [-0.4, -0.2) is 15.7 Å². The summed E-state index contributed by atoms with van der Waals surface area (Å²) in [4.78, 5) is 11.0. The minimum Gasteiger partial charge on any atom is -0.383 e. The first kappa shape index (κ1) is 10.5. The van der Waals surface area contributed by atoms with Crippen LogP contribution in [0, 0.1) is 0 Å². The lowest BCUT2D eigenvalue weighted by Gasteiger charge is -2.05. The van der Waals surface area contributed by atoms with Gasteiger partial charge in [0.25, 0.3) is 5.91 Å². The maximum absolute atomic E-state index is 11.0. The van der Waals surface area contributed by atoms with Crippen LogP contribution in [0.4, 0.5) is 5.82 Å². The van der Waals surface area contributed by atoms with Gasteiger partial charge in [0.15, 0.2) is 0 Å². The molecule has 1 amide bonds. The number of rotatable bonds is 2. The van der Waals surface area contributed by atoms with Crippen molar-refractivity contribution in [1.82, 2.24) is 9.78 Å². The fraction of sp³-hybridized carbons (Fsp3) is 0. The molecule has 0 saturated carbocycles. The van der Waals surface area contributed by atoms with Gasteiger partial charge in [0.1, 0.15) is 11.4 Å². The van der Waals surface area contributed by atoms with Gasteiger partial charge >= 0.3 is 0 Å². The third-order valence-electron chi connectivity index (χ3n) is 2.15. The van der Waals surface area contributed by atoms with Crippen LogP contribution in [0.15, 0.2) is 30.5 Å². The molecular formula is C10H9ClN4O. The monoisotopic (exact) mass is 236 g/mol. The molecule has 0 unspecified atom stereocenters. The van der Waals surface area contributed by atoms with E-state index in [2.05, 4.69) is 5.10 Å². The number of aromatic nitrogens is 2. The van der Waals surface area contributed by atoms with E-state index in [1.165, 1.54) is 10.9 Å². The number of halogens is 1. The molecule has 82 valence electrons. The highest BCUT2D eigenvalue weighted by atomic mass is 35.5. The van der Waals surface area contributed by atoms with Crippen LogP contribution in [0.5, 0.6) is 0 Å². The van der Waals surface area contributed by atoms with E-state index in [9.17, 15) is 4.79 Å². The average Bonchev–Trinajstić information content (AvgIpc) is 2.61. The number of nitrogens with two attached hydrogens (primary N) is 2. The second-order valence-corrected chi connectivity index (χ2v) is 3.58. The summed E-state index contributed by atoms with van der Waals surface area (Å²) in [5, 5.41) is 4.47. The topological polar surface area (TPSA) is 86.9 Å². The van der Waals surface area contributed by atoms with E-state index in [4.69, 9.17) is 23.1 Å². The van der Waals surface area contributed by atoms with Gasteiger partial charge in [-0.1, -0.05) is 23.7 Å². The van der Waals surface area contributed by atoms with Gasteiger partial charge in [-0.25, -0.2) is 4.68 Å². The number of hydrogen-bond acceptors (Lipinski definition) is 3. The van der Waals surface area contributed by atoms with Crippen molar-refractivity contribution in [2.75, 3.05) is 5.73 Å². The quantitative estimate of drug-likeness (QED) is 0.822. The minimum absolute atomic E-state index is 0.180. The van der Waals surface area contributed by atoms with Crippen LogP contribution in [0.1, 0.15) is 10.4 Å². The molecule has 16 heavy (non-hydrogen) atoms. The summed E-state index contributed by atoms with van der Waals surface area (Å²) in [6.07, 6.45) is 1.32. The van der Waals surface area contributed by atoms with Crippen LogP contribution in [0.2, 0.25) is 5.02 Å². The van der Waals surface area contributed by atoms with Gasteiger partial charge in [-0.2, -0.15) is 5.10 Å². The first-order valence-electron chi connectivity index (χ1n) is 4.49. The molecule has 0 aliphatic rings. The molecule has 2 rings (SSSR count). The highest BCUT2D eigenvalue weighted by molar-refractivity contribution is 6.32. The third kappa shape index (κ3) is 1.61. The molecule has 4 N–H and O–H groups in total. The Bertz CT molecular complexity index is 550. The van der Waals surface area contributed by atoms with Crippen LogP contribution in [0.3, 0.4) is 0 Å². The van der Waals surface area contributed by atoms with Crippen molar-refractivity contribution in [2.24, 2.45) is 5.73 Å². The lowest BCUT2D eigenvalue weighted by molar-refractivity contribution is 0.100. The van der Waals surface area contributed by atoms with Gasteiger partial charge in [0.2, 0.25) is 0 Å². The van der Waals surface area contributed by atoms with Crippen molar-refractivity contribution in [3.63, 3.8) is 0 Å². The Morgan fingerprint density at radius 2 is 2.06 bits per heavy atom. The molecule has 1 aromatic heterocycles. The van der Waals surface area contributed by atoms with E-state index < -0.39 is 5.91 Å². The normalized spacial score (nSPS) is 10.3. The molecule has 0 bridgehead atoms. The Morgan fingerprint density at radius 1 is 1.38 bits per heavy atom. The van der Waals surface area contributed by atoms with E-state index in [0.29, 0.717) is 10.7 Å². The van der Waals surface area contributed by atoms with Gasteiger partial charge in [0, 0.05) is 0 Å². The van der Waals surface area contributed by atoms with Crippen molar-refractivity contribution in [2.45, 2.75) is 0 Å². The lowest BCUT2D eigenvalue weighted by atomic mass is 10.3. The van der Waals surface area contributed by atoms with Gasteiger partial charge in [-0.05, 0) is 12.1 Å². The molecule has 0 saturated heterocycles. The van der Waals surface area contributed by atoms with E-state index in [1.807, 2.05) is 0 Å². The maximum Gasteiger partial charge on any atom is 0.254 e. The molecular weight excluding hydrogens is 228 g/mol. The fourth-order valence-corrected chi connectivity index (χ4v) is 1.58. The highest BCUT2D eigenvalue weighted by Crippen LogP contribution is 2.23. The number of nitrogen functional groups attached to an aromatic ring is 1. The van der Waals surface area contributed by atoms with Crippen LogP contribution in [0.25, 0.3) is 5.69 Å². The van der Waals surface area contributed by atoms with Crippen LogP contribution in [-0.2, 0) is 0 Å². The van der Waals surface area contributed by atoms with E-state index in [1.54, 1.807) is 24.3 Å². The van der Waals surface area contributed by atoms with Gasteiger partial charge in [0.05, 0.1) is 16.9 Å². The largest absolute Gasteiger partial charge is 0.383 e. The Morgan fingerprint density at radius 3 is 2.62 bits per heavy atom. The first-order valence-corrected chi connectivity index (χ1v) is 4.87. The molecule has 1 aromatic carbocycles. The summed E-state index contributed by atoms with van der Waals surface area (Å²) in [6.45, 7) is 0. The molecule has 0 atom stereocenters. The number of carbonyl (C=O) groups is 1. The summed E-state index contributed by atoms with van der Waals surface area (Å²) in [5.41, 5.74) is 11.7. The minimum atomic E-state index is -0.615. The van der Waals surface area contributed by atoms with Crippen LogP contribution < -0.4 is 11.5 Å². The summed E-state index contributed by atoms with van der Waals surface area (Å²) in [7, 11) is 0. The SMILES string of the molecule is NC(=O)c1cnn(-c2ccccc2Cl)c1N. The number of primary amides is 1. The standard InChI is InChI=1S/C10H9ClN4O/c11-7-3-1-2-4-8(7)15-9(12)6(5-14-15)10(13)16/h1-5H,12H2,(H2,13,16). The predicted octanol–water partition coefficient (Wildman–Crippen LogP) is 1.21. The van der Waals surface area contributed by atoms with Gasteiger partial charge < -0.3 is 11.5 Å². The number of anilines is 1. The Balaban J connectivity index is 2.58. The van der Waals surface area contributed by atoms with Gasteiger partial charge in [-0.15, -0.1) is 0 Å². The second-order valence-electron chi connectivity index (χ2n) is 3.17. The smallest absolute Gasteiger partial charge is 0.254 e. The molecule has 5 nitrogen and oxygen atoms in total. The van der Waals surface area contributed by atoms with Gasteiger partial charge in [-0.3, -0.25) is 4.79 Å². The zero-order chi connectivity index (χ0) is 11.7. The molecule has 0 fully saturated rings. The number of nitrogens with zero attached hydrogens (tertiary/aromatic N) is 2. The van der Waals surface area contributed by atoms with Crippen molar-refractivity contribution < 1.29 is 4.79 Å². The Kier molecular flexibility index (Phi) is 2.54. The fourth-order valence-electron chi connectivity index (χ4n) is 1.36. The number of para-hydroxylation sites is 1. The third-order valence-corrected chi connectivity index (χ3v) is 2.47. The maximum atomic E-state index is 11.0. The zero-order valence-corrected chi connectivity index (χ0v) is 8.98. The van der Waals surface area contributed by atoms with E-state index >= 15 is 0 Å². The predicted molar refractivity (Wildman–Crippen MR) is 61.5 cm³/mol. The molecule has 0 spiro atoms. The van der Waals surface area contributed by atoms with E-state index in [0.717, 1.165) is 0 Å². The van der Waals surface area contributed by atoms with Crippen molar-refractivity contribution in [1.29, 1.82) is 0 Å². The summed E-state index contributed by atoms with van der Waals surface area (Å²) in [6, 6.07) is 7.05. The molecule has 0 radical (unpaired) electrons. The number of carbonyl (C=O) groups excluding carboxylic acids is 1. The van der Waals surface area contributed by atoms with Crippen molar-refractivity contribution in [3.8, 4) is 5.69 Å². The second kappa shape index (κ2) is 3.86. The lowest BCUT2D eigenvalue weighted by Crippen LogP contribution is -2.13. The molecule has 0 aliphatic heterocycles. The zero-order valence-electron chi connectivity index (χ0n) is 8.22. The Hall–Kier alpha value is -2.01. The summed E-state index contributed by atoms with van der Waals surface area (Å²) < 4.78 is 1.38. The Labute approximate surface area is 96.6 Å². The summed E-state index contributed by atoms with van der Waals surface area (Å²) >= 11 is 5.99. The molecule has 6 heteroatoms. The molecule has 0 aliphatic carbocycles. The van der Waals surface area contributed by atoms with Crippen molar-refractivity contribution in [3.05, 3.63) is 41.0 Å². The highest BCUT2D eigenvalue weighted by Gasteiger charge is 2.14. The summed E-state index contributed by atoms with van der Waals surface area (Å²) in [5.74, 6) is -0.434. The first-order chi connectivity index (χ1) is 7.61. The molecule has 1 heterocycles. The van der Waals surface area contributed by atoms with E-state index in [-0.39, 0.29) is 11.4 Å². The van der Waals surface area contributed by atoms with Crippen LogP contribution >= 0.6 is 11.6 Å². The number of hydrogen-bond donors (Lipinski definition) is 2. The molecule has 2 aromatic rings. The van der Waals surface area contributed by atoms with Crippen molar-refractivity contribution >= 4 is 23.3 Å². The average molecular weight is 237 g/mol. The number of benzene rings is 1. The number of amides is 1.